The smallest absolute Gasteiger partial charge is 0.263 e. The summed E-state index contributed by atoms with van der Waals surface area (Å²) in [5.41, 5.74) is 9.44. The van der Waals surface area contributed by atoms with E-state index in [9.17, 15) is 4.79 Å². The van der Waals surface area contributed by atoms with E-state index in [1.165, 1.54) is 54.7 Å². The molecule has 1 fully saturated rings. The summed E-state index contributed by atoms with van der Waals surface area (Å²) in [7, 11) is 0. The van der Waals surface area contributed by atoms with Crippen LogP contribution in [0.4, 0.5) is 5.69 Å². The Morgan fingerprint density at radius 3 is 2.78 bits per heavy atom. The molecule has 1 amide bonds. The van der Waals surface area contributed by atoms with Crippen molar-refractivity contribution in [3.63, 3.8) is 0 Å². The van der Waals surface area contributed by atoms with Crippen molar-refractivity contribution in [3.8, 4) is 0 Å². The molecular weight excluding hydrogens is 306 g/mol. The highest BCUT2D eigenvalue weighted by Crippen LogP contribution is 2.35. The first kappa shape index (κ1) is 14.9. The number of aromatic nitrogens is 1. The molecule has 0 aliphatic heterocycles. The Bertz CT molecular complexity index is 746. The van der Waals surface area contributed by atoms with Crippen LogP contribution in [0.15, 0.2) is 6.07 Å². The maximum absolute atomic E-state index is 12.6. The van der Waals surface area contributed by atoms with Crippen molar-refractivity contribution in [1.82, 2.24) is 10.3 Å². The van der Waals surface area contributed by atoms with Crippen LogP contribution in [0.3, 0.4) is 0 Å². The van der Waals surface area contributed by atoms with Gasteiger partial charge in [0, 0.05) is 17.1 Å². The molecule has 2 aromatic heterocycles. The van der Waals surface area contributed by atoms with Crippen LogP contribution in [-0.2, 0) is 12.8 Å². The highest BCUT2D eigenvalue weighted by Gasteiger charge is 2.23. The Hall–Kier alpha value is -1.62. The third kappa shape index (κ3) is 2.82. The summed E-state index contributed by atoms with van der Waals surface area (Å²) in [6.07, 6.45) is 10.4. The molecular formula is C18H23N3OS. The molecule has 1 saturated carbocycles. The molecule has 5 heteroatoms. The van der Waals surface area contributed by atoms with Gasteiger partial charge in [-0.2, -0.15) is 0 Å². The van der Waals surface area contributed by atoms with E-state index in [2.05, 4.69) is 11.4 Å². The zero-order valence-electron chi connectivity index (χ0n) is 13.4. The molecule has 4 nitrogen and oxygen atoms in total. The van der Waals surface area contributed by atoms with E-state index >= 15 is 0 Å². The Balaban J connectivity index is 1.68. The lowest BCUT2D eigenvalue weighted by Gasteiger charge is -2.10. The fraction of sp³-hybridized carbons (Fsp3) is 0.556. The summed E-state index contributed by atoms with van der Waals surface area (Å²) in [5, 5.41) is 4.11. The number of pyridine rings is 1. The third-order valence-corrected chi connectivity index (χ3v) is 6.26. The number of nitrogens with zero attached hydrogens (tertiary/aromatic N) is 1. The van der Waals surface area contributed by atoms with Gasteiger partial charge in [-0.1, -0.05) is 19.3 Å². The minimum atomic E-state index is -0.0207. The number of thiophene rings is 1. The molecule has 0 radical (unpaired) electrons. The number of anilines is 1. The highest BCUT2D eigenvalue weighted by molar-refractivity contribution is 7.21. The lowest BCUT2D eigenvalue weighted by Crippen LogP contribution is -2.32. The highest BCUT2D eigenvalue weighted by atomic mass is 32.1. The van der Waals surface area contributed by atoms with Gasteiger partial charge in [0.05, 0.1) is 5.69 Å². The number of fused-ring (bicyclic) bond motifs is 2. The first-order chi connectivity index (χ1) is 11.2. The van der Waals surface area contributed by atoms with Crippen molar-refractivity contribution < 1.29 is 4.79 Å². The van der Waals surface area contributed by atoms with Crippen LogP contribution in [-0.4, -0.2) is 16.9 Å². The van der Waals surface area contributed by atoms with Crippen molar-refractivity contribution in [1.29, 1.82) is 0 Å². The SMILES string of the molecule is Nc1c(C(=O)NC2CCCC2)sc2nc3c(cc12)CCCCC3. The number of carbonyl (C=O) groups is 1. The average molecular weight is 329 g/mol. The molecule has 2 aliphatic carbocycles. The molecule has 3 N–H and O–H groups in total. The molecule has 122 valence electrons. The van der Waals surface area contributed by atoms with Crippen LogP contribution in [0.2, 0.25) is 0 Å². The van der Waals surface area contributed by atoms with Gasteiger partial charge in [0.1, 0.15) is 9.71 Å². The molecule has 0 saturated heterocycles. The second-order valence-corrected chi connectivity index (χ2v) is 7.81. The Morgan fingerprint density at radius 2 is 1.96 bits per heavy atom. The molecule has 0 spiro atoms. The van der Waals surface area contributed by atoms with Crippen LogP contribution in [0, 0.1) is 0 Å². The number of hydrogen-bond acceptors (Lipinski definition) is 4. The summed E-state index contributed by atoms with van der Waals surface area (Å²) in [6.45, 7) is 0. The Labute approximate surface area is 140 Å². The van der Waals surface area contributed by atoms with E-state index in [0.717, 1.165) is 35.9 Å². The standard InChI is InChI=1S/C18H23N3OS/c19-15-13-10-11-6-2-1-3-9-14(11)21-18(13)23-16(15)17(22)20-12-7-4-5-8-12/h10,12H,1-9,19H2,(H,20,22). The van der Waals surface area contributed by atoms with Gasteiger partial charge in [-0.15, -0.1) is 11.3 Å². The van der Waals surface area contributed by atoms with E-state index < -0.39 is 0 Å². The summed E-state index contributed by atoms with van der Waals surface area (Å²) in [5.74, 6) is -0.0207. The van der Waals surface area contributed by atoms with Crippen LogP contribution in [0.1, 0.15) is 65.9 Å². The van der Waals surface area contributed by atoms with Crippen LogP contribution in [0.5, 0.6) is 0 Å². The number of nitrogens with two attached hydrogens (primary N) is 1. The molecule has 0 aromatic carbocycles. The number of nitrogen functional groups attached to an aromatic ring is 1. The topological polar surface area (TPSA) is 68.0 Å². The van der Waals surface area contributed by atoms with E-state index in [0.29, 0.717) is 16.6 Å². The second-order valence-electron chi connectivity index (χ2n) is 6.81. The van der Waals surface area contributed by atoms with Gasteiger partial charge >= 0.3 is 0 Å². The largest absolute Gasteiger partial charge is 0.397 e. The predicted molar refractivity (Wildman–Crippen MR) is 95.0 cm³/mol. The molecule has 0 atom stereocenters. The summed E-state index contributed by atoms with van der Waals surface area (Å²) in [6, 6.07) is 2.50. The average Bonchev–Trinajstić information content (AvgIpc) is 3.08. The van der Waals surface area contributed by atoms with Crippen molar-refractivity contribution >= 4 is 33.1 Å². The lowest BCUT2D eigenvalue weighted by molar-refractivity contribution is 0.0943. The zero-order chi connectivity index (χ0) is 15.8. The van der Waals surface area contributed by atoms with Gasteiger partial charge in [-0.3, -0.25) is 4.79 Å². The Kier molecular flexibility index (Phi) is 3.97. The molecule has 2 heterocycles. The molecule has 4 rings (SSSR count). The minimum Gasteiger partial charge on any atom is -0.397 e. The molecule has 0 bridgehead atoms. The van der Waals surface area contributed by atoms with Gasteiger partial charge in [-0.05, 0) is 50.2 Å². The van der Waals surface area contributed by atoms with Crippen molar-refractivity contribution in [2.45, 2.75) is 63.8 Å². The number of nitrogens with one attached hydrogen (secondary N) is 1. The molecule has 2 aromatic rings. The van der Waals surface area contributed by atoms with Gasteiger partial charge in [0.25, 0.3) is 5.91 Å². The van der Waals surface area contributed by atoms with Gasteiger partial charge in [0.2, 0.25) is 0 Å². The van der Waals surface area contributed by atoms with Crippen molar-refractivity contribution in [3.05, 3.63) is 22.2 Å². The predicted octanol–water partition coefficient (Wildman–Crippen LogP) is 3.82. The number of hydrogen-bond donors (Lipinski definition) is 2. The van der Waals surface area contributed by atoms with Crippen LogP contribution in [0.25, 0.3) is 10.2 Å². The van der Waals surface area contributed by atoms with Crippen LogP contribution >= 0.6 is 11.3 Å². The lowest BCUT2D eigenvalue weighted by atomic mass is 10.1. The minimum absolute atomic E-state index is 0.0207. The fourth-order valence-corrected chi connectivity index (χ4v) is 4.83. The quantitative estimate of drug-likeness (QED) is 0.823. The summed E-state index contributed by atoms with van der Waals surface area (Å²) >= 11 is 1.45. The molecule has 2 aliphatic rings. The summed E-state index contributed by atoms with van der Waals surface area (Å²) < 4.78 is 0. The van der Waals surface area contributed by atoms with Crippen LogP contribution < -0.4 is 11.1 Å². The monoisotopic (exact) mass is 329 g/mol. The molecule has 0 unspecified atom stereocenters. The molecule has 23 heavy (non-hydrogen) atoms. The van der Waals surface area contributed by atoms with Gasteiger partial charge < -0.3 is 11.1 Å². The second kappa shape index (κ2) is 6.11. The van der Waals surface area contributed by atoms with E-state index in [1.54, 1.807) is 0 Å². The summed E-state index contributed by atoms with van der Waals surface area (Å²) in [4.78, 5) is 18.9. The first-order valence-electron chi connectivity index (χ1n) is 8.74. The van der Waals surface area contributed by atoms with Gasteiger partial charge in [-0.25, -0.2) is 4.98 Å². The number of aryl methyl sites for hydroxylation is 2. The fourth-order valence-electron chi connectivity index (χ4n) is 3.83. The van der Waals surface area contributed by atoms with E-state index in [1.807, 2.05) is 0 Å². The Morgan fingerprint density at radius 1 is 1.17 bits per heavy atom. The number of amides is 1. The zero-order valence-corrected chi connectivity index (χ0v) is 14.2. The van der Waals surface area contributed by atoms with Gasteiger partial charge in [0.15, 0.2) is 0 Å². The van der Waals surface area contributed by atoms with Crippen molar-refractivity contribution in [2.75, 3.05) is 5.73 Å². The number of carbonyl (C=O) groups excluding carboxylic acids is 1. The maximum atomic E-state index is 12.6. The number of rotatable bonds is 2. The van der Waals surface area contributed by atoms with E-state index in [4.69, 9.17) is 10.7 Å². The normalized spacial score (nSPS) is 18.8. The maximum Gasteiger partial charge on any atom is 0.263 e. The van der Waals surface area contributed by atoms with Crippen molar-refractivity contribution in [2.24, 2.45) is 0 Å². The first-order valence-corrected chi connectivity index (χ1v) is 9.55. The van der Waals surface area contributed by atoms with E-state index in [-0.39, 0.29) is 5.91 Å². The third-order valence-electron chi connectivity index (χ3n) is 5.15.